The second-order valence-corrected chi connectivity index (χ2v) is 7.80. The Morgan fingerprint density at radius 2 is 2.00 bits per heavy atom. The fourth-order valence-corrected chi connectivity index (χ4v) is 4.14. The summed E-state index contributed by atoms with van der Waals surface area (Å²) in [7, 11) is -3.34. The third-order valence-electron chi connectivity index (χ3n) is 3.50. The van der Waals surface area contributed by atoms with Gasteiger partial charge in [-0.25, -0.2) is 8.42 Å². The van der Waals surface area contributed by atoms with E-state index in [1.54, 1.807) is 4.31 Å². The lowest BCUT2D eigenvalue weighted by atomic mass is 10.1. The van der Waals surface area contributed by atoms with Gasteiger partial charge in [-0.3, -0.25) is 4.79 Å². The van der Waals surface area contributed by atoms with Crippen LogP contribution in [0.25, 0.3) is 0 Å². The fourth-order valence-electron chi connectivity index (χ4n) is 2.56. The molecule has 1 atom stereocenters. The summed E-state index contributed by atoms with van der Waals surface area (Å²) >= 11 is 0. The van der Waals surface area contributed by atoms with Crippen molar-refractivity contribution in [1.29, 1.82) is 0 Å². The normalized spacial score (nSPS) is 21.9. The quantitative estimate of drug-likeness (QED) is 0.721. The van der Waals surface area contributed by atoms with E-state index in [0.29, 0.717) is 13.0 Å². The van der Waals surface area contributed by atoms with Crippen LogP contribution in [-0.4, -0.2) is 49.6 Å². The largest absolute Gasteiger partial charge is 0.378 e. The number of Topliss-reactive ketones (excluding diaryl/α,β-unsaturated/α-hetero) is 1. The Balaban J connectivity index is 2.72. The summed E-state index contributed by atoms with van der Waals surface area (Å²) in [6.45, 7) is 6.04. The zero-order chi connectivity index (χ0) is 15.2. The van der Waals surface area contributed by atoms with Gasteiger partial charge in [0.25, 0.3) is 0 Å². The molecule has 1 aliphatic rings. The molecule has 6 heteroatoms. The average Bonchev–Trinajstić information content (AvgIpc) is 2.53. The Bertz CT molecular complexity index is 405. The van der Waals surface area contributed by atoms with E-state index in [1.165, 1.54) is 6.92 Å². The van der Waals surface area contributed by atoms with Crippen molar-refractivity contribution in [1.82, 2.24) is 4.31 Å². The van der Waals surface area contributed by atoms with Crippen LogP contribution in [0.1, 0.15) is 52.9 Å². The van der Waals surface area contributed by atoms with Gasteiger partial charge in [-0.1, -0.05) is 12.8 Å². The predicted octanol–water partition coefficient (Wildman–Crippen LogP) is 1.96. The molecule has 0 aromatic rings. The highest BCUT2D eigenvalue weighted by molar-refractivity contribution is 7.89. The first-order valence-corrected chi connectivity index (χ1v) is 9.04. The van der Waals surface area contributed by atoms with Gasteiger partial charge in [-0.2, -0.15) is 4.31 Å². The van der Waals surface area contributed by atoms with Crippen molar-refractivity contribution in [2.75, 3.05) is 18.9 Å². The number of carbonyl (C=O) groups is 1. The molecule has 0 aromatic heterocycles. The molecule has 0 saturated carbocycles. The Labute approximate surface area is 122 Å². The lowest BCUT2D eigenvalue weighted by molar-refractivity contribution is -0.117. The standard InChI is InChI=1S/C14H27NO4S/c1-12(2)19-9-10-20(17,18)15-8-6-4-5-7-14(15)11-13(3)16/h12,14H,4-11H2,1-3H3. The minimum absolute atomic E-state index is 0.000412. The summed E-state index contributed by atoms with van der Waals surface area (Å²) in [6.07, 6.45) is 4.03. The van der Waals surface area contributed by atoms with Crippen LogP contribution >= 0.6 is 0 Å². The van der Waals surface area contributed by atoms with Crippen molar-refractivity contribution in [3.63, 3.8) is 0 Å². The van der Waals surface area contributed by atoms with E-state index in [4.69, 9.17) is 4.74 Å². The van der Waals surface area contributed by atoms with Crippen LogP contribution in [0.3, 0.4) is 0 Å². The predicted molar refractivity (Wildman–Crippen MR) is 79.1 cm³/mol. The maximum atomic E-state index is 12.4. The van der Waals surface area contributed by atoms with Crippen molar-refractivity contribution < 1.29 is 17.9 Å². The first kappa shape index (κ1) is 17.6. The van der Waals surface area contributed by atoms with E-state index >= 15 is 0 Å². The van der Waals surface area contributed by atoms with Crippen LogP contribution in [0.4, 0.5) is 0 Å². The molecule has 1 aliphatic heterocycles. The summed E-state index contributed by atoms with van der Waals surface area (Å²) in [4.78, 5) is 11.4. The highest BCUT2D eigenvalue weighted by Gasteiger charge is 2.31. The van der Waals surface area contributed by atoms with E-state index in [0.717, 1.165) is 25.7 Å². The molecule has 0 amide bonds. The molecule has 1 saturated heterocycles. The van der Waals surface area contributed by atoms with Crippen LogP contribution in [-0.2, 0) is 19.6 Å². The van der Waals surface area contributed by atoms with Crippen LogP contribution in [0.5, 0.6) is 0 Å². The highest BCUT2D eigenvalue weighted by Crippen LogP contribution is 2.23. The van der Waals surface area contributed by atoms with Crippen LogP contribution < -0.4 is 0 Å². The van der Waals surface area contributed by atoms with Crippen LogP contribution in [0, 0.1) is 0 Å². The maximum absolute atomic E-state index is 12.4. The summed E-state index contributed by atoms with van der Waals surface area (Å²) in [5.74, 6) is 0.0510. The van der Waals surface area contributed by atoms with Crippen molar-refractivity contribution in [2.24, 2.45) is 0 Å². The summed E-state index contributed by atoms with van der Waals surface area (Å²) in [5.41, 5.74) is 0. The lowest BCUT2D eigenvalue weighted by Gasteiger charge is -2.28. The first-order valence-electron chi connectivity index (χ1n) is 7.43. The number of rotatable bonds is 7. The van der Waals surface area contributed by atoms with E-state index in [2.05, 4.69) is 0 Å². The summed E-state index contributed by atoms with van der Waals surface area (Å²) in [5, 5.41) is 0. The van der Waals surface area contributed by atoms with Gasteiger partial charge in [-0.05, 0) is 33.6 Å². The zero-order valence-electron chi connectivity index (χ0n) is 12.8. The average molecular weight is 305 g/mol. The Kier molecular flexibility index (Phi) is 7.12. The molecule has 5 nitrogen and oxygen atoms in total. The summed E-state index contributed by atoms with van der Waals surface area (Å²) < 4.78 is 31.8. The van der Waals surface area contributed by atoms with Gasteiger partial charge in [-0.15, -0.1) is 0 Å². The Morgan fingerprint density at radius 3 is 2.60 bits per heavy atom. The van der Waals surface area contributed by atoms with E-state index < -0.39 is 10.0 Å². The number of ether oxygens (including phenoxy) is 1. The number of ketones is 1. The van der Waals surface area contributed by atoms with Crippen molar-refractivity contribution in [3.8, 4) is 0 Å². The molecular formula is C14H27NO4S. The van der Waals surface area contributed by atoms with Crippen molar-refractivity contribution in [2.45, 2.75) is 65.0 Å². The molecule has 0 N–H and O–H groups in total. The number of carbonyl (C=O) groups excluding carboxylic acids is 1. The second kappa shape index (κ2) is 8.10. The smallest absolute Gasteiger partial charge is 0.216 e. The molecule has 0 aromatic carbocycles. The lowest BCUT2D eigenvalue weighted by Crippen LogP contribution is -2.43. The van der Waals surface area contributed by atoms with Gasteiger partial charge >= 0.3 is 0 Å². The number of sulfonamides is 1. The molecular weight excluding hydrogens is 278 g/mol. The maximum Gasteiger partial charge on any atom is 0.216 e. The van der Waals surface area contributed by atoms with E-state index in [-0.39, 0.29) is 30.3 Å². The third kappa shape index (κ3) is 5.89. The third-order valence-corrected chi connectivity index (χ3v) is 5.37. The van der Waals surface area contributed by atoms with Gasteiger partial charge in [0, 0.05) is 19.0 Å². The Hall–Kier alpha value is -0.460. The van der Waals surface area contributed by atoms with Gasteiger partial charge in [0.1, 0.15) is 5.78 Å². The zero-order valence-corrected chi connectivity index (χ0v) is 13.6. The van der Waals surface area contributed by atoms with Crippen molar-refractivity contribution in [3.05, 3.63) is 0 Å². The highest BCUT2D eigenvalue weighted by atomic mass is 32.2. The van der Waals surface area contributed by atoms with Gasteiger partial charge in [0.15, 0.2) is 0 Å². The van der Waals surface area contributed by atoms with Gasteiger partial charge in [0.05, 0.1) is 18.5 Å². The number of hydrogen-bond donors (Lipinski definition) is 0. The minimum Gasteiger partial charge on any atom is -0.378 e. The first-order chi connectivity index (χ1) is 9.33. The number of nitrogens with zero attached hydrogens (tertiary/aromatic N) is 1. The summed E-state index contributed by atoms with van der Waals surface area (Å²) in [6, 6.07) is -0.168. The Morgan fingerprint density at radius 1 is 1.30 bits per heavy atom. The molecule has 1 heterocycles. The fraction of sp³-hybridized carbons (Fsp3) is 0.929. The number of hydrogen-bond acceptors (Lipinski definition) is 4. The molecule has 1 rings (SSSR count). The van der Waals surface area contributed by atoms with E-state index in [9.17, 15) is 13.2 Å². The van der Waals surface area contributed by atoms with Gasteiger partial charge in [0.2, 0.25) is 10.0 Å². The monoisotopic (exact) mass is 305 g/mol. The van der Waals surface area contributed by atoms with E-state index in [1.807, 2.05) is 13.8 Å². The second-order valence-electron chi connectivity index (χ2n) is 5.76. The molecule has 1 unspecified atom stereocenters. The SMILES string of the molecule is CC(=O)CC1CCCCCN1S(=O)(=O)CCOC(C)C. The van der Waals surface area contributed by atoms with Gasteiger partial charge < -0.3 is 4.74 Å². The molecule has 0 spiro atoms. The van der Waals surface area contributed by atoms with Crippen LogP contribution in [0.2, 0.25) is 0 Å². The van der Waals surface area contributed by atoms with Crippen molar-refractivity contribution >= 4 is 15.8 Å². The molecule has 0 aliphatic carbocycles. The minimum atomic E-state index is -3.34. The van der Waals surface area contributed by atoms with Crippen LogP contribution in [0.15, 0.2) is 0 Å². The molecule has 118 valence electrons. The topological polar surface area (TPSA) is 63.7 Å². The molecule has 20 heavy (non-hydrogen) atoms. The molecule has 1 fully saturated rings. The molecule has 0 bridgehead atoms. The molecule has 0 radical (unpaired) electrons.